The van der Waals surface area contributed by atoms with Gasteiger partial charge in [0.05, 0.1) is 0 Å². The van der Waals surface area contributed by atoms with Gasteiger partial charge in [-0.1, -0.05) is 15.9 Å². The molecule has 0 aliphatic rings. The van der Waals surface area contributed by atoms with Gasteiger partial charge >= 0.3 is 0 Å². The Bertz CT molecular complexity index is 328. The van der Waals surface area contributed by atoms with Gasteiger partial charge in [-0.2, -0.15) is 0 Å². The Morgan fingerprint density at radius 1 is 1.50 bits per heavy atom. The van der Waals surface area contributed by atoms with Crippen molar-refractivity contribution in [3.63, 3.8) is 0 Å². The minimum atomic E-state index is -0.250. The summed E-state index contributed by atoms with van der Waals surface area (Å²) in [4.78, 5) is 0. The summed E-state index contributed by atoms with van der Waals surface area (Å²) in [5, 5.41) is 18.2. The van der Waals surface area contributed by atoms with Crippen LogP contribution in [0.15, 0.2) is 16.6 Å². The zero-order chi connectivity index (χ0) is 10.7. The predicted octanol–water partition coefficient (Wildman–Crippen LogP) is 1.85. The lowest BCUT2D eigenvalue weighted by molar-refractivity contribution is 0.276. The third-order valence-corrected chi connectivity index (χ3v) is 3.19. The Balaban J connectivity index is 3.07. The summed E-state index contributed by atoms with van der Waals surface area (Å²) in [6, 6.07) is 3.04. The molecule has 0 aliphatic heterocycles. The van der Waals surface area contributed by atoms with E-state index in [4.69, 9.17) is 10.8 Å². The van der Waals surface area contributed by atoms with Crippen molar-refractivity contribution in [1.82, 2.24) is 0 Å². The minimum absolute atomic E-state index is 0.0440. The maximum Gasteiger partial charge on any atom is 0.116 e. The van der Waals surface area contributed by atoms with E-state index in [1.54, 1.807) is 12.1 Å². The van der Waals surface area contributed by atoms with Gasteiger partial charge < -0.3 is 15.9 Å². The van der Waals surface area contributed by atoms with Crippen LogP contribution in [-0.4, -0.2) is 16.8 Å². The van der Waals surface area contributed by atoms with Crippen molar-refractivity contribution in [3.05, 3.63) is 27.7 Å². The number of aryl methyl sites for hydroxylation is 1. The third kappa shape index (κ3) is 2.47. The number of aliphatic hydroxyl groups excluding tert-OH is 1. The molecule has 78 valence electrons. The summed E-state index contributed by atoms with van der Waals surface area (Å²) >= 11 is 3.41. The molecule has 3 nitrogen and oxygen atoms in total. The standard InChI is InChI=1S/C10H14BrNO2/c1-6-4-7(14)5-8(10(6)11)9(12)2-3-13/h4-5,9,13-14H,2-3,12H2,1H3. The van der Waals surface area contributed by atoms with Gasteiger partial charge in [0.2, 0.25) is 0 Å². The third-order valence-electron chi connectivity index (χ3n) is 2.11. The highest BCUT2D eigenvalue weighted by molar-refractivity contribution is 9.10. The lowest BCUT2D eigenvalue weighted by Crippen LogP contribution is -2.12. The van der Waals surface area contributed by atoms with E-state index in [0.29, 0.717) is 6.42 Å². The molecule has 0 saturated carbocycles. The van der Waals surface area contributed by atoms with Gasteiger partial charge in [0, 0.05) is 17.1 Å². The van der Waals surface area contributed by atoms with Crippen molar-refractivity contribution < 1.29 is 10.2 Å². The number of hydrogen-bond acceptors (Lipinski definition) is 3. The summed E-state index contributed by atoms with van der Waals surface area (Å²) in [6.07, 6.45) is 0.488. The number of aliphatic hydroxyl groups is 1. The molecule has 0 fully saturated rings. The molecule has 1 rings (SSSR count). The first-order valence-electron chi connectivity index (χ1n) is 4.41. The molecule has 0 saturated heterocycles. The molecule has 14 heavy (non-hydrogen) atoms. The molecule has 0 radical (unpaired) electrons. The highest BCUT2D eigenvalue weighted by Crippen LogP contribution is 2.30. The van der Waals surface area contributed by atoms with Crippen molar-refractivity contribution in [3.8, 4) is 5.75 Å². The van der Waals surface area contributed by atoms with E-state index in [1.165, 1.54) is 0 Å². The summed E-state index contributed by atoms with van der Waals surface area (Å²) < 4.78 is 0.899. The monoisotopic (exact) mass is 259 g/mol. The molecule has 1 unspecified atom stereocenters. The highest BCUT2D eigenvalue weighted by atomic mass is 79.9. The van der Waals surface area contributed by atoms with E-state index in [2.05, 4.69) is 15.9 Å². The average molecular weight is 260 g/mol. The molecule has 4 N–H and O–H groups in total. The van der Waals surface area contributed by atoms with E-state index in [0.717, 1.165) is 15.6 Å². The SMILES string of the molecule is Cc1cc(O)cc(C(N)CCO)c1Br. The van der Waals surface area contributed by atoms with Crippen molar-refractivity contribution in [2.75, 3.05) is 6.61 Å². The first-order valence-corrected chi connectivity index (χ1v) is 5.21. The van der Waals surface area contributed by atoms with Crippen LogP contribution in [0.25, 0.3) is 0 Å². The Labute approximate surface area is 91.7 Å². The first-order chi connectivity index (χ1) is 6.56. The summed E-state index contributed by atoms with van der Waals surface area (Å²) in [6.45, 7) is 1.93. The Morgan fingerprint density at radius 3 is 2.71 bits per heavy atom. The largest absolute Gasteiger partial charge is 0.508 e. The normalized spacial score (nSPS) is 12.9. The van der Waals surface area contributed by atoms with Crippen LogP contribution in [0.1, 0.15) is 23.6 Å². The molecule has 0 amide bonds. The smallest absolute Gasteiger partial charge is 0.116 e. The Hall–Kier alpha value is -0.580. The summed E-state index contributed by atoms with van der Waals surface area (Å²) in [7, 11) is 0. The number of nitrogens with two attached hydrogens (primary N) is 1. The lowest BCUT2D eigenvalue weighted by atomic mass is 10.0. The molecular weight excluding hydrogens is 246 g/mol. The fourth-order valence-electron chi connectivity index (χ4n) is 1.34. The fourth-order valence-corrected chi connectivity index (χ4v) is 1.86. The Morgan fingerprint density at radius 2 is 2.14 bits per heavy atom. The van der Waals surface area contributed by atoms with Gasteiger partial charge in [-0.05, 0) is 36.6 Å². The lowest BCUT2D eigenvalue weighted by Gasteiger charge is -2.14. The number of phenols is 1. The van der Waals surface area contributed by atoms with Crippen LogP contribution in [-0.2, 0) is 0 Å². The van der Waals surface area contributed by atoms with E-state index < -0.39 is 0 Å². The fraction of sp³-hybridized carbons (Fsp3) is 0.400. The van der Waals surface area contributed by atoms with Gasteiger partial charge in [0.15, 0.2) is 0 Å². The van der Waals surface area contributed by atoms with E-state index in [-0.39, 0.29) is 18.4 Å². The van der Waals surface area contributed by atoms with Gasteiger partial charge in [-0.15, -0.1) is 0 Å². The second kappa shape index (κ2) is 4.77. The quantitative estimate of drug-likeness (QED) is 0.776. The first kappa shape index (κ1) is 11.5. The van der Waals surface area contributed by atoms with Crippen molar-refractivity contribution in [1.29, 1.82) is 0 Å². The molecule has 1 aromatic carbocycles. The molecule has 0 aromatic heterocycles. The minimum Gasteiger partial charge on any atom is -0.508 e. The van der Waals surface area contributed by atoms with Gasteiger partial charge in [0.1, 0.15) is 5.75 Å². The highest BCUT2D eigenvalue weighted by Gasteiger charge is 2.12. The van der Waals surface area contributed by atoms with Crippen molar-refractivity contribution >= 4 is 15.9 Å². The van der Waals surface area contributed by atoms with Crippen LogP contribution in [0.5, 0.6) is 5.75 Å². The summed E-state index contributed by atoms with van der Waals surface area (Å²) in [5.74, 6) is 0.203. The zero-order valence-electron chi connectivity index (χ0n) is 8.00. The molecule has 0 spiro atoms. The topological polar surface area (TPSA) is 66.5 Å². The number of halogens is 1. The van der Waals surface area contributed by atoms with Gasteiger partial charge in [0.25, 0.3) is 0 Å². The molecular formula is C10H14BrNO2. The van der Waals surface area contributed by atoms with Crippen molar-refractivity contribution in [2.24, 2.45) is 5.73 Å². The molecule has 1 aromatic rings. The van der Waals surface area contributed by atoms with E-state index in [9.17, 15) is 5.11 Å². The van der Waals surface area contributed by atoms with Gasteiger partial charge in [-0.3, -0.25) is 0 Å². The second-order valence-corrected chi connectivity index (χ2v) is 4.08. The van der Waals surface area contributed by atoms with Crippen LogP contribution in [0, 0.1) is 6.92 Å². The van der Waals surface area contributed by atoms with Crippen LogP contribution in [0.4, 0.5) is 0 Å². The Kier molecular flexibility index (Phi) is 3.92. The second-order valence-electron chi connectivity index (χ2n) is 3.28. The van der Waals surface area contributed by atoms with Gasteiger partial charge in [-0.25, -0.2) is 0 Å². The van der Waals surface area contributed by atoms with E-state index >= 15 is 0 Å². The van der Waals surface area contributed by atoms with Crippen LogP contribution in [0.2, 0.25) is 0 Å². The molecule has 0 heterocycles. The number of aromatic hydroxyl groups is 1. The maximum absolute atomic E-state index is 9.40. The number of phenolic OH excluding ortho intramolecular Hbond substituents is 1. The van der Waals surface area contributed by atoms with Crippen LogP contribution < -0.4 is 5.73 Å². The zero-order valence-corrected chi connectivity index (χ0v) is 9.58. The van der Waals surface area contributed by atoms with Crippen molar-refractivity contribution in [2.45, 2.75) is 19.4 Å². The average Bonchev–Trinajstić information content (AvgIpc) is 2.11. The number of benzene rings is 1. The van der Waals surface area contributed by atoms with Crippen LogP contribution >= 0.6 is 15.9 Å². The maximum atomic E-state index is 9.40. The summed E-state index contributed by atoms with van der Waals surface area (Å²) in [5.41, 5.74) is 7.61. The molecule has 0 bridgehead atoms. The van der Waals surface area contributed by atoms with Crippen LogP contribution in [0.3, 0.4) is 0 Å². The number of rotatable bonds is 3. The molecule has 1 atom stereocenters. The molecule has 4 heteroatoms. The molecule has 0 aliphatic carbocycles. The van der Waals surface area contributed by atoms with E-state index in [1.807, 2.05) is 6.92 Å². The predicted molar refractivity (Wildman–Crippen MR) is 59.2 cm³/mol. The number of hydrogen-bond donors (Lipinski definition) is 3.